The highest BCUT2D eigenvalue weighted by Gasteiger charge is 2.57. The summed E-state index contributed by atoms with van der Waals surface area (Å²) in [6.07, 6.45) is -4.71. The Labute approximate surface area is 74.8 Å². The first-order chi connectivity index (χ1) is 6.08. The minimum Gasteiger partial charge on any atom is -0.275 e. The molecule has 0 aliphatic carbocycles. The fourth-order valence-electron chi connectivity index (χ4n) is 0.502. The van der Waals surface area contributed by atoms with Gasteiger partial charge in [0, 0.05) is 6.92 Å². The Morgan fingerprint density at radius 3 is 1.64 bits per heavy atom. The summed E-state index contributed by atoms with van der Waals surface area (Å²) in [7, 11) is 0. The summed E-state index contributed by atoms with van der Waals surface area (Å²) < 4.78 is 87.1. The van der Waals surface area contributed by atoms with Crippen molar-refractivity contribution >= 4 is 0 Å². The van der Waals surface area contributed by atoms with Crippen LogP contribution in [0.4, 0.5) is 30.7 Å². The Balaban J connectivity index is 4.64. The monoisotopic (exact) mass is 228 g/mol. The second kappa shape index (κ2) is 3.92. The van der Waals surface area contributed by atoms with Crippen molar-refractivity contribution in [3.05, 3.63) is 0 Å². The summed E-state index contributed by atoms with van der Waals surface area (Å²) in [5.74, 6) is -9.02. The average molecular weight is 228 g/mol. The number of hydrogen-bond acceptors (Lipinski definition) is 1. The zero-order chi connectivity index (χ0) is 11.6. The van der Waals surface area contributed by atoms with Gasteiger partial charge < -0.3 is 0 Å². The van der Waals surface area contributed by atoms with Gasteiger partial charge in [-0.25, -0.2) is 13.2 Å². The van der Waals surface area contributed by atoms with Crippen molar-refractivity contribution in [1.82, 2.24) is 0 Å². The van der Waals surface area contributed by atoms with Crippen LogP contribution in [0.15, 0.2) is 0 Å². The smallest absolute Gasteiger partial charge is 0.275 e. The second-order valence-electron chi connectivity index (χ2n) is 2.63. The predicted molar refractivity (Wildman–Crippen MR) is 32.4 cm³/mol. The maximum absolute atomic E-state index is 12.7. The lowest BCUT2D eigenvalue weighted by Gasteiger charge is -2.30. The molecule has 0 aromatic rings. The largest absolute Gasteiger partial charge is 0.386 e. The molecule has 0 heterocycles. The molecular weight excluding hydrogens is 221 g/mol. The molecule has 8 heteroatoms. The van der Waals surface area contributed by atoms with Gasteiger partial charge in [-0.15, -0.1) is 0 Å². The van der Waals surface area contributed by atoms with Crippen LogP contribution in [0, 0.1) is 0 Å². The van der Waals surface area contributed by atoms with Crippen molar-refractivity contribution in [1.29, 1.82) is 0 Å². The fourth-order valence-corrected chi connectivity index (χ4v) is 0.502. The number of alkyl halides is 7. The number of halogens is 7. The van der Waals surface area contributed by atoms with Gasteiger partial charge in [0.25, 0.3) is 5.85 Å². The van der Waals surface area contributed by atoms with Gasteiger partial charge in [-0.3, -0.25) is 4.74 Å². The SMILES string of the molecule is CC(F)(OC(F)(F)CF)C(F)(F)CF. The average Bonchev–Trinajstić information content (AvgIpc) is 2.02. The van der Waals surface area contributed by atoms with Crippen LogP contribution in [-0.2, 0) is 4.74 Å². The maximum Gasteiger partial charge on any atom is 0.386 e. The third-order valence-electron chi connectivity index (χ3n) is 1.32. The summed E-state index contributed by atoms with van der Waals surface area (Å²) in [6.45, 7) is -5.10. The molecule has 1 unspecified atom stereocenters. The molecule has 0 spiro atoms. The Morgan fingerprint density at radius 1 is 0.929 bits per heavy atom. The number of hydrogen-bond donors (Lipinski definition) is 0. The highest BCUT2D eigenvalue weighted by molar-refractivity contribution is 4.82. The lowest BCUT2D eigenvalue weighted by atomic mass is 10.2. The van der Waals surface area contributed by atoms with Gasteiger partial charge in [-0.1, -0.05) is 0 Å². The van der Waals surface area contributed by atoms with Crippen LogP contribution < -0.4 is 0 Å². The van der Waals surface area contributed by atoms with E-state index in [2.05, 4.69) is 4.74 Å². The summed E-state index contributed by atoms with van der Waals surface area (Å²) in [5, 5.41) is 0. The third kappa shape index (κ3) is 3.00. The van der Waals surface area contributed by atoms with Crippen molar-refractivity contribution in [2.45, 2.75) is 24.8 Å². The molecule has 0 radical (unpaired) electrons. The molecule has 0 bridgehead atoms. The van der Waals surface area contributed by atoms with E-state index in [0.29, 0.717) is 0 Å². The van der Waals surface area contributed by atoms with E-state index in [-0.39, 0.29) is 6.92 Å². The van der Waals surface area contributed by atoms with E-state index in [1.54, 1.807) is 0 Å². The zero-order valence-corrected chi connectivity index (χ0v) is 6.97. The molecule has 0 saturated carbocycles. The topological polar surface area (TPSA) is 9.23 Å². The van der Waals surface area contributed by atoms with Crippen molar-refractivity contribution in [2.75, 3.05) is 13.3 Å². The lowest BCUT2D eigenvalue weighted by Crippen LogP contribution is -2.50. The Hall–Kier alpha value is -0.530. The molecule has 0 N–H and O–H groups in total. The molecule has 0 saturated heterocycles. The first kappa shape index (κ1) is 13.5. The molecule has 0 aromatic carbocycles. The van der Waals surface area contributed by atoms with Crippen LogP contribution >= 0.6 is 0 Å². The fraction of sp³-hybridized carbons (Fsp3) is 1.00. The maximum atomic E-state index is 12.7. The van der Waals surface area contributed by atoms with Gasteiger partial charge in [0.15, 0.2) is 13.3 Å². The van der Waals surface area contributed by atoms with E-state index in [1.807, 2.05) is 0 Å². The van der Waals surface area contributed by atoms with E-state index in [4.69, 9.17) is 0 Å². The molecule has 0 rings (SSSR count). The van der Waals surface area contributed by atoms with E-state index < -0.39 is 31.2 Å². The molecule has 0 aliphatic heterocycles. The molecule has 0 amide bonds. The highest BCUT2D eigenvalue weighted by Crippen LogP contribution is 2.38. The molecule has 14 heavy (non-hydrogen) atoms. The highest BCUT2D eigenvalue weighted by atomic mass is 19.3. The van der Waals surface area contributed by atoms with E-state index >= 15 is 0 Å². The quantitative estimate of drug-likeness (QED) is 0.657. The van der Waals surface area contributed by atoms with Crippen LogP contribution in [0.3, 0.4) is 0 Å². The summed E-state index contributed by atoms with van der Waals surface area (Å²) in [6, 6.07) is 0. The summed E-state index contributed by atoms with van der Waals surface area (Å²) >= 11 is 0. The van der Waals surface area contributed by atoms with Crippen LogP contribution in [0.2, 0.25) is 0 Å². The van der Waals surface area contributed by atoms with Crippen LogP contribution in [0.25, 0.3) is 0 Å². The van der Waals surface area contributed by atoms with E-state index in [9.17, 15) is 30.7 Å². The second-order valence-corrected chi connectivity index (χ2v) is 2.63. The summed E-state index contributed by atoms with van der Waals surface area (Å²) in [5.41, 5.74) is 0. The van der Waals surface area contributed by atoms with Gasteiger partial charge in [0.05, 0.1) is 0 Å². The van der Waals surface area contributed by atoms with Crippen molar-refractivity contribution in [3.63, 3.8) is 0 Å². The van der Waals surface area contributed by atoms with Crippen molar-refractivity contribution in [3.8, 4) is 0 Å². The zero-order valence-electron chi connectivity index (χ0n) is 6.97. The first-order valence-electron chi connectivity index (χ1n) is 3.34. The Morgan fingerprint density at radius 2 is 1.36 bits per heavy atom. The lowest BCUT2D eigenvalue weighted by molar-refractivity contribution is -0.380. The van der Waals surface area contributed by atoms with Crippen molar-refractivity contribution in [2.24, 2.45) is 0 Å². The molecule has 86 valence electrons. The van der Waals surface area contributed by atoms with Gasteiger partial charge >= 0.3 is 12.0 Å². The van der Waals surface area contributed by atoms with Crippen LogP contribution in [-0.4, -0.2) is 31.2 Å². The van der Waals surface area contributed by atoms with Crippen LogP contribution in [0.1, 0.15) is 6.92 Å². The molecule has 1 atom stereocenters. The van der Waals surface area contributed by atoms with Gasteiger partial charge in [-0.2, -0.15) is 17.6 Å². The number of ether oxygens (including phenoxy) is 1. The third-order valence-corrected chi connectivity index (χ3v) is 1.32. The first-order valence-corrected chi connectivity index (χ1v) is 3.34. The van der Waals surface area contributed by atoms with Gasteiger partial charge in [0.2, 0.25) is 0 Å². The standard InChI is InChI=1S/C6H7F7O/c1-4(9,5(10,11)2-7)14-6(12,13)3-8/h2-3H2,1H3. The minimum absolute atomic E-state index is 0.101. The van der Waals surface area contributed by atoms with Gasteiger partial charge in [-0.05, 0) is 0 Å². The molecule has 1 nitrogen and oxygen atoms in total. The molecule has 0 aromatic heterocycles. The van der Waals surface area contributed by atoms with Crippen molar-refractivity contribution < 1.29 is 35.5 Å². The predicted octanol–water partition coefficient (Wildman–Crippen LogP) is 2.86. The normalized spacial score (nSPS) is 18.0. The van der Waals surface area contributed by atoms with E-state index in [0.717, 1.165) is 0 Å². The Bertz CT molecular complexity index is 191. The molecule has 0 aliphatic rings. The van der Waals surface area contributed by atoms with Gasteiger partial charge in [0.1, 0.15) is 0 Å². The summed E-state index contributed by atoms with van der Waals surface area (Å²) in [4.78, 5) is 0. The Kier molecular flexibility index (Phi) is 3.77. The number of rotatable bonds is 5. The molecular formula is C6H7F7O. The van der Waals surface area contributed by atoms with Crippen LogP contribution in [0.5, 0.6) is 0 Å². The minimum atomic E-state index is -4.76. The molecule has 0 fully saturated rings. The van der Waals surface area contributed by atoms with E-state index in [1.165, 1.54) is 0 Å².